The molecule has 1 aromatic heterocycles. The van der Waals surface area contributed by atoms with Gasteiger partial charge in [-0.3, -0.25) is 9.10 Å². The number of ether oxygens (including phenoxy) is 1. The molecule has 12 heteroatoms. The first kappa shape index (κ1) is 22.4. The Balaban J connectivity index is 1.97. The van der Waals surface area contributed by atoms with Crippen molar-refractivity contribution in [1.29, 1.82) is 0 Å². The molecule has 1 aliphatic heterocycles. The zero-order chi connectivity index (χ0) is 22.8. The summed E-state index contributed by atoms with van der Waals surface area (Å²) < 4.78 is 57.0. The maximum absolute atomic E-state index is 13.3. The number of aromatic hydroxyl groups is 1. The van der Waals surface area contributed by atoms with Crippen LogP contribution < -0.4 is 9.62 Å². The van der Waals surface area contributed by atoms with Gasteiger partial charge in [-0.2, -0.15) is 0 Å². The van der Waals surface area contributed by atoms with Crippen LogP contribution in [0.5, 0.6) is 5.75 Å². The molecule has 0 radical (unpaired) electrons. The quantitative estimate of drug-likeness (QED) is 0.658. The van der Waals surface area contributed by atoms with Gasteiger partial charge in [0, 0.05) is 25.2 Å². The average Bonchev–Trinajstić information content (AvgIpc) is 2.71. The monoisotopic (exact) mass is 455 g/mol. The molecule has 3 rings (SSSR count). The number of benzene rings is 1. The molecule has 0 spiro atoms. The van der Waals surface area contributed by atoms with Gasteiger partial charge in [-0.25, -0.2) is 27.0 Å². The van der Waals surface area contributed by atoms with Crippen LogP contribution in [0.15, 0.2) is 24.3 Å². The lowest BCUT2D eigenvalue weighted by atomic mass is 10.1. The fourth-order valence-corrected chi connectivity index (χ4v) is 4.68. The molecule has 1 saturated heterocycles. The minimum Gasteiger partial charge on any atom is -0.505 e. The van der Waals surface area contributed by atoms with Crippen LogP contribution >= 0.6 is 0 Å². The Morgan fingerprint density at radius 3 is 2.48 bits per heavy atom. The number of anilines is 1. The molecule has 9 nitrogen and oxygen atoms in total. The predicted molar refractivity (Wildman–Crippen MR) is 105 cm³/mol. The fraction of sp³-hybridized carbons (Fsp3) is 0.316. The van der Waals surface area contributed by atoms with Gasteiger partial charge in [-0.15, -0.1) is 0 Å². The SMILES string of the molecule is COC(=O)c1cc(N2CCCCS2(=O)=O)nc(C(=O)NCc2cc(F)cc(F)c2)c1O. The topological polar surface area (TPSA) is 126 Å². The van der Waals surface area contributed by atoms with Crippen molar-refractivity contribution in [3.05, 3.63) is 52.7 Å². The van der Waals surface area contributed by atoms with Crippen molar-refractivity contribution >= 4 is 27.7 Å². The minimum atomic E-state index is -3.72. The van der Waals surface area contributed by atoms with Crippen molar-refractivity contribution in [2.45, 2.75) is 19.4 Å². The van der Waals surface area contributed by atoms with Crippen molar-refractivity contribution < 1.29 is 36.6 Å². The number of hydrogen-bond donors (Lipinski definition) is 2. The smallest absolute Gasteiger partial charge is 0.341 e. The molecule has 1 aliphatic rings. The van der Waals surface area contributed by atoms with Gasteiger partial charge in [-0.1, -0.05) is 0 Å². The highest BCUT2D eigenvalue weighted by atomic mass is 32.2. The number of amides is 1. The second-order valence-corrected chi connectivity index (χ2v) is 8.79. The van der Waals surface area contributed by atoms with Gasteiger partial charge >= 0.3 is 5.97 Å². The van der Waals surface area contributed by atoms with E-state index in [4.69, 9.17) is 0 Å². The maximum atomic E-state index is 13.3. The van der Waals surface area contributed by atoms with E-state index in [1.54, 1.807) is 0 Å². The van der Waals surface area contributed by atoms with Gasteiger partial charge in [0.25, 0.3) is 5.91 Å². The Labute approximate surface area is 176 Å². The van der Waals surface area contributed by atoms with Crippen LogP contribution in [0.2, 0.25) is 0 Å². The van der Waals surface area contributed by atoms with Crippen LogP contribution in [0.25, 0.3) is 0 Å². The lowest BCUT2D eigenvalue weighted by Gasteiger charge is -2.28. The molecular formula is C19H19F2N3O6S. The van der Waals surface area contributed by atoms with E-state index in [9.17, 15) is 31.9 Å². The van der Waals surface area contributed by atoms with Crippen LogP contribution in [0.4, 0.5) is 14.6 Å². The Morgan fingerprint density at radius 2 is 1.87 bits per heavy atom. The van der Waals surface area contributed by atoms with E-state index in [0.717, 1.165) is 29.6 Å². The zero-order valence-electron chi connectivity index (χ0n) is 16.4. The lowest BCUT2D eigenvalue weighted by molar-refractivity contribution is 0.0597. The Bertz CT molecular complexity index is 1120. The number of carbonyl (C=O) groups excluding carboxylic acids is 2. The normalized spacial score (nSPS) is 15.4. The Hall–Kier alpha value is -3.28. The van der Waals surface area contributed by atoms with Crippen molar-refractivity contribution in [3.8, 4) is 5.75 Å². The maximum Gasteiger partial charge on any atom is 0.341 e. The van der Waals surface area contributed by atoms with Crippen LogP contribution in [0, 0.1) is 11.6 Å². The highest BCUT2D eigenvalue weighted by molar-refractivity contribution is 7.92. The fourth-order valence-electron chi connectivity index (χ4n) is 3.10. The first-order valence-corrected chi connectivity index (χ1v) is 10.8. The van der Waals surface area contributed by atoms with Gasteiger partial charge in [0.1, 0.15) is 23.0 Å². The lowest BCUT2D eigenvalue weighted by Crippen LogP contribution is -2.39. The first-order valence-electron chi connectivity index (χ1n) is 9.18. The summed E-state index contributed by atoms with van der Waals surface area (Å²) in [6.07, 6.45) is 1.00. The number of halogens is 2. The molecule has 2 aromatic rings. The standard InChI is InChI=1S/C19H19F2N3O6S/c1-30-19(27)14-9-15(24-4-2-3-5-31(24,28)29)23-16(17(14)25)18(26)22-10-11-6-12(20)8-13(21)7-11/h6-9,25H,2-5,10H2,1H3,(H,22,26). The van der Waals surface area contributed by atoms with E-state index in [-0.39, 0.29) is 30.2 Å². The third-order valence-corrected chi connectivity index (χ3v) is 6.43. The molecule has 0 aliphatic carbocycles. The second-order valence-electron chi connectivity index (χ2n) is 6.77. The summed E-state index contributed by atoms with van der Waals surface area (Å²) >= 11 is 0. The van der Waals surface area contributed by atoms with Gasteiger partial charge in [0.15, 0.2) is 11.4 Å². The molecule has 0 saturated carbocycles. The third-order valence-electron chi connectivity index (χ3n) is 4.58. The molecule has 1 aromatic carbocycles. The van der Waals surface area contributed by atoms with Gasteiger partial charge < -0.3 is 15.2 Å². The van der Waals surface area contributed by atoms with Crippen molar-refractivity contribution in [3.63, 3.8) is 0 Å². The van der Waals surface area contributed by atoms with Crippen LogP contribution in [0.1, 0.15) is 39.3 Å². The van der Waals surface area contributed by atoms with E-state index in [0.29, 0.717) is 18.9 Å². The van der Waals surface area contributed by atoms with E-state index in [2.05, 4.69) is 15.0 Å². The summed E-state index contributed by atoms with van der Waals surface area (Å²) in [7, 11) is -2.67. The molecule has 0 unspecified atom stereocenters. The van der Waals surface area contributed by atoms with E-state index >= 15 is 0 Å². The molecule has 2 heterocycles. The Morgan fingerprint density at radius 1 is 1.19 bits per heavy atom. The largest absolute Gasteiger partial charge is 0.505 e. The summed E-state index contributed by atoms with van der Waals surface area (Å²) in [6, 6.07) is 3.72. The Kier molecular flexibility index (Phi) is 6.39. The number of nitrogens with one attached hydrogen (secondary N) is 1. The number of rotatable bonds is 5. The number of esters is 1. The summed E-state index contributed by atoms with van der Waals surface area (Å²) in [5, 5.41) is 12.7. The van der Waals surface area contributed by atoms with E-state index in [1.165, 1.54) is 0 Å². The highest BCUT2D eigenvalue weighted by Crippen LogP contribution is 2.30. The van der Waals surface area contributed by atoms with Crippen molar-refractivity contribution in [1.82, 2.24) is 10.3 Å². The molecule has 1 amide bonds. The number of nitrogens with zero attached hydrogens (tertiary/aromatic N) is 2. The van der Waals surface area contributed by atoms with Gasteiger partial charge in [0.2, 0.25) is 10.0 Å². The van der Waals surface area contributed by atoms with Crippen LogP contribution in [-0.2, 0) is 21.3 Å². The number of sulfonamides is 1. The number of methoxy groups -OCH3 is 1. The predicted octanol–water partition coefficient (Wildman–Crippen LogP) is 1.71. The molecule has 166 valence electrons. The minimum absolute atomic E-state index is 0.0876. The molecule has 0 atom stereocenters. The summed E-state index contributed by atoms with van der Waals surface area (Å²) in [5.74, 6) is -4.82. The molecule has 2 N–H and O–H groups in total. The van der Waals surface area contributed by atoms with Gasteiger partial charge in [0.05, 0.1) is 12.9 Å². The molecule has 31 heavy (non-hydrogen) atoms. The zero-order valence-corrected chi connectivity index (χ0v) is 17.2. The molecule has 0 bridgehead atoms. The molecule has 1 fully saturated rings. The van der Waals surface area contributed by atoms with E-state index in [1.807, 2.05) is 0 Å². The van der Waals surface area contributed by atoms with Crippen LogP contribution in [-0.4, -0.2) is 49.8 Å². The van der Waals surface area contributed by atoms with Crippen LogP contribution in [0.3, 0.4) is 0 Å². The number of pyridine rings is 1. The summed E-state index contributed by atoms with van der Waals surface area (Å²) in [5.41, 5.74) is -0.973. The van der Waals surface area contributed by atoms with Crippen molar-refractivity contribution in [2.75, 3.05) is 23.7 Å². The highest BCUT2D eigenvalue weighted by Gasteiger charge is 2.31. The summed E-state index contributed by atoms with van der Waals surface area (Å²) in [4.78, 5) is 28.6. The second kappa shape index (κ2) is 8.84. The van der Waals surface area contributed by atoms with Gasteiger partial charge in [-0.05, 0) is 30.5 Å². The average molecular weight is 455 g/mol. The first-order chi connectivity index (χ1) is 14.6. The molecular weight excluding hydrogens is 436 g/mol. The van der Waals surface area contributed by atoms with E-state index < -0.39 is 50.5 Å². The number of hydrogen-bond acceptors (Lipinski definition) is 7. The summed E-state index contributed by atoms with van der Waals surface area (Å²) in [6.45, 7) is -0.223. The number of carbonyl (C=O) groups is 2. The number of aromatic nitrogens is 1. The van der Waals surface area contributed by atoms with Crippen molar-refractivity contribution in [2.24, 2.45) is 0 Å². The third kappa shape index (κ3) is 4.90.